The highest BCUT2D eigenvalue weighted by molar-refractivity contribution is 5.53. The molecule has 0 spiro atoms. The first-order valence-electron chi connectivity index (χ1n) is 6.83. The predicted octanol–water partition coefficient (Wildman–Crippen LogP) is 3.97. The molecule has 3 nitrogen and oxygen atoms in total. The van der Waals surface area contributed by atoms with Crippen LogP contribution in [-0.2, 0) is 0 Å². The summed E-state index contributed by atoms with van der Waals surface area (Å²) < 4.78 is 0. The molecule has 0 bridgehead atoms. The smallest absolute Gasteiger partial charge is 0.163 e. The number of nitrogens with zero attached hydrogens (tertiary/aromatic N) is 2. The van der Waals surface area contributed by atoms with Crippen LogP contribution in [0.3, 0.4) is 0 Å². The molecule has 98 valence electrons. The normalized spacial score (nSPS) is 10.3. The first-order chi connectivity index (χ1) is 8.74. The van der Waals surface area contributed by atoms with Crippen LogP contribution in [0.5, 0.6) is 0 Å². The highest BCUT2D eigenvalue weighted by Crippen LogP contribution is 2.12. The summed E-state index contributed by atoms with van der Waals surface area (Å²) >= 11 is 0. The summed E-state index contributed by atoms with van der Waals surface area (Å²) in [6, 6.07) is 5.86. The van der Waals surface area contributed by atoms with Crippen molar-refractivity contribution in [1.82, 2.24) is 4.98 Å². The van der Waals surface area contributed by atoms with E-state index in [9.17, 15) is 0 Å². The topological polar surface area (TPSA) is 48.7 Å². The highest BCUT2D eigenvalue weighted by Gasteiger charge is 2.00. The monoisotopic (exact) mass is 245 g/mol. The Bertz CT molecular complexity index is 380. The molecule has 0 aliphatic heterocycles. The fraction of sp³-hybridized carbons (Fsp3) is 0.600. The third kappa shape index (κ3) is 5.67. The van der Waals surface area contributed by atoms with Gasteiger partial charge in [0.25, 0.3) is 0 Å². The van der Waals surface area contributed by atoms with Crippen LogP contribution >= 0.6 is 0 Å². The lowest BCUT2D eigenvalue weighted by Crippen LogP contribution is -2.04. The molecule has 0 radical (unpaired) electrons. The van der Waals surface area contributed by atoms with Gasteiger partial charge in [-0.05, 0) is 24.5 Å². The van der Waals surface area contributed by atoms with Gasteiger partial charge < -0.3 is 5.32 Å². The molecule has 1 aromatic rings. The maximum Gasteiger partial charge on any atom is 0.163 e. The van der Waals surface area contributed by atoms with Crippen molar-refractivity contribution >= 4 is 5.69 Å². The number of hydrogen-bond acceptors (Lipinski definition) is 3. The van der Waals surface area contributed by atoms with Gasteiger partial charge in [0.05, 0.1) is 5.69 Å². The van der Waals surface area contributed by atoms with Gasteiger partial charge in [-0.3, -0.25) is 0 Å². The van der Waals surface area contributed by atoms with E-state index in [4.69, 9.17) is 5.26 Å². The van der Waals surface area contributed by atoms with Gasteiger partial charge in [-0.1, -0.05) is 39.5 Å². The summed E-state index contributed by atoms with van der Waals surface area (Å²) in [4.78, 5) is 4.02. The first kappa shape index (κ1) is 14.5. The van der Waals surface area contributed by atoms with E-state index in [1.165, 1.54) is 25.7 Å². The van der Waals surface area contributed by atoms with Gasteiger partial charge in [-0.2, -0.15) is 5.26 Å². The second-order valence-corrected chi connectivity index (χ2v) is 5.03. The molecule has 1 aromatic heterocycles. The zero-order valence-corrected chi connectivity index (χ0v) is 11.4. The van der Waals surface area contributed by atoms with E-state index in [1.54, 1.807) is 6.20 Å². The number of pyridine rings is 1. The molecule has 0 amide bonds. The minimum atomic E-state index is 0.484. The Morgan fingerprint density at radius 3 is 2.78 bits per heavy atom. The number of anilines is 1. The van der Waals surface area contributed by atoms with E-state index in [1.807, 2.05) is 12.1 Å². The largest absolute Gasteiger partial charge is 0.383 e. The summed E-state index contributed by atoms with van der Waals surface area (Å²) in [6.45, 7) is 5.46. The maximum absolute atomic E-state index is 8.89. The van der Waals surface area contributed by atoms with Gasteiger partial charge in [0.1, 0.15) is 6.07 Å². The molecule has 0 saturated heterocycles. The second-order valence-electron chi connectivity index (χ2n) is 5.03. The van der Waals surface area contributed by atoms with Gasteiger partial charge in [0.2, 0.25) is 0 Å². The van der Waals surface area contributed by atoms with E-state index in [0.29, 0.717) is 5.69 Å². The van der Waals surface area contributed by atoms with E-state index in [-0.39, 0.29) is 0 Å². The molecule has 1 N–H and O–H groups in total. The van der Waals surface area contributed by atoms with E-state index in [0.717, 1.165) is 24.6 Å². The minimum Gasteiger partial charge on any atom is -0.383 e. The third-order valence-electron chi connectivity index (χ3n) is 2.94. The number of hydrogen-bond donors (Lipinski definition) is 1. The van der Waals surface area contributed by atoms with Crippen molar-refractivity contribution in [3.05, 3.63) is 24.0 Å². The predicted molar refractivity (Wildman–Crippen MR) is 75.4 cm³/mol. The summed E-state index contributed by atoms with van der Waals surface area (Å²) in [6.07, 6.45) is 8.01. The molecule has 0 aromatic carbocycles. The molecular weight excluding hydrogens is 222 g/mol. The molecule has 0 unspecified atom stereocenters. The van der Waals surface area contributed by atoms with Crippen molar-refractivity contribution in [2.24, 2.45) is 5.92 Å². The van der Waals surface area contributed by atoms with Crippen LogP contribution in [0, 0.1) is 17.2 Å². The third-order valence-corrected chi connectivity index (χ3v) is 2.94. The lowest BCUT2D eigenvalue weighted by Gasteiger charge is -2.07. The van der Waals surface area contributed by atoms with Crippen LogP contribution in [0.2, 0.25) is 0 Å². The number of nitrogens with one attached hydrogen (secondary N) is 1. The van der Waals surface area contributed by atoms with Crippen LogP contribution in [-0.4, -0.2) is 11.5 Å². The number of nitriles is 1. The van der Waals surface area contributed by atoms with Crippen molar-refractivity contribution < 1.29 is 0 Å². The summed E-state index contributed by atoms with van der Waals surface area (Å²) in [5, 5.41) is 12.2. The minimum absolute atomic E-state index is 0.484. The maximum atomic E-state index is 8.89. The average Bonchev–Trinajstić information content (AvgIpc) is 2.37. The van der Waals surface area contributed by atoms with Crippen LogP contribution in [0.25, 0.3) is 0 Å². The van der Waals surface area contributed by atoms with E-state index < -0.39 is 0 Å². The molecule has 0 aliphatic rings. The molecule has 1 rings (SSSR count). The Morgan fingerprint density at radius 2 is 2.06 bits per heavy atom. The van der Waals surface area contributed by atoms with Crippen LogP contribution in [0.15, 0.2) is 18.3 Å². The number of unbranched alkanes of at least 4 members (excludes halogenated alkanes) is 3. The van der Waals surface area contributed by atoms with Gasteiger partial charge in [-0.25, -0.2) is 4.98 Å². The van der Waals surface area contributed by atoms with Crippen LogP contribution in [0.1, 0.15) is 51.6 Å². The van der Waals surface area contributed by atoms with Crippen molar-refractivity contribution in [2.75, 3.05) is 11.9 Å². The fourth-order valence-corrected chi connectivity index (χ4v) is 1.89. The standard InChI is InChI=1S/C15H23N3/c1-13(2)8-5-3-4-6-10-17-14-9-7-11-18-15(14)12-16/h7,9,11,13,17H,3-6,8,10H2,1-2H3. The van der Waals surface area contributed by atoms with Gasteiger partial charge in [0.15, 0.2) is 5.69 Å². The Labute approximate surface area is 110 Å². The lowest BCUT2D eigenvalue weighted by atomic mass is 10.0. The van der Waals surface area contributed by atoms with Gasteiger partial charge in [0, 0.05) is 12.7 Å². The molecule has 0 aliphatic carbocycles. The van der Waals surface area contributed by atoms with Crippen molar-refractivity contribution in [3.8, 4) is 6.07 Å². The van der Waals surface area contributed by atoms with E-state index >= 15 is 0 Å². The lowest BCUT2D eigenvalue weighted by molar-refractivity contribution is 0.523. The summed E-state index contributed by atoms with van der Waals surface area (Å²) in [5.74, 6) is 0.816. The van der Waals surface area contributed by atoms with Crippen LogP contribution in [0.4, 0.5) is 5.69 Å². The second kappa shape index (κ2) is 8.52. The van der Waals surface area contributed by atoms with Gasteiger partial charge >= 0.3 is 0 Å². The van der Waals surface area contributed by atoms with E-state index in [2.05, 4.69) is 30.2 Å². The molecule has 0 saturated carbocycles. The first-order valence-corrected chi connectivity index (χ1v) is 6.83. The van der Waals surface area contributed by atoms with Crippen molar-refractivity contribution in [1.29, 1.82) is 5.26 Å². The van der Waals surface area contributed by atoms with Crippen molar-refractivity contribution in [2.45, 2.75) is 46.0 Å². The zero-order valence-electron chi connectivity index (χ0n) is 11.4. The highest BCUT2D eigenvalue weighted by atomic mass is 14.9. The molecule has 1 heterocycles. The molecule has 3 heteroatoms. The van der Waals surface area contributed by atoms with Gasteiger partial charge in [-0.15, -0.1) is 0 Å². The SMILES string of the molecule is CC(C)CCCCCCNc1cccnc1C#N. The average molecular weight is 245 g/mol. The molecule has 0 atom stereocenters. The molecular formula is C15H23N3. The number of aromatic nitrogens is 1. The Morgan fingerprint density at radius 1 is 1.28 bits per heavy atom. The summed E-state index contributed by atoms with van der Waals surface area (Å²) in [7, 11) is 0. The zero-order chi connectivity index (χ0) is 13.2. The quantitative estimate of drug-likeness (QED) is 0.705. The summed E-state index contributed by atoms with van der Waals surface area (Å²) in [5.41, 5.74) is 1.33. The van der Waals surface area contributed by atoms with Crippen LogP contribution < -0.4 is 5.32 Å². The number of rotatable bonds is 8. The van der Waals surface area contributed by atoms with Crippen molar-refractivity contribution in [3.63, 3.8) is 0 Å². The Kier molecular flexibility index (Phi) is 6.86. The molecule has 18 heavy (non-hydrogen) atoms. The Balaban J connectivity index is 2.13. The fourth-order valence-electron chi connectivity index (χ4n) is 1.89. The Hall–Kier alpha value is -1.56. The molecule has 0 fully saturated rings.